The lowest BCUT2D eigenvalue weighted by Crippen LogP contribution is -2.29. The average Bonchev–Trinajstić information content (AvgIpc) is 2.67. The van der Waals surface area contributed by atoms with Crippen LogP contribution in [0.4, 0.5) is 0 Å². The van der Waals surface area contributed by atoms with Crippen LogP contribution in [-0.2, 0) is 11.3 Å². The fourth-order valence-corrected chi connectivity index (χ4v) is 3.05. The van der Waals surface area contributed by atoms with Gasteiger partial charge in [0.15, 0.2) is 0 Å². The number of aryl methyl sites for hydroxylation is 1. The van der Waals surface area contributed by atoms with Crippen LogP contribution in [0.1, 0.15) is 50.3 Å². The Kier molecular flexibility index (Phi) is 5.69. The summed E-state index contributed by atoms with van der Waals surface area (Å²) in [7, 11) is 0. The number of carbonyl (C=O) groups is 1. The second kappa shape index (κ2) is 8.16. The van der Waals surface area contributed by atoms with Crippen LogP contribution < -0.4 is 10.9 Å². The molecule has 0 aliphatic carbocycles. The van der Waals surface area contributed by atoms with Gasteiger partial charge in [0.2, 0.25) is 5.91 Å². The fourth-order valence-electron chi connectivity index (χ4n) is 3.05. The predicted octanol–water partition coefficient (Wildman–Crippen LogP) is 3.79. The van der Waals surface area contributed by atoms with Gasteiger partial charge in [-0.15, -0.1) is 0 Å². The summed E-state index contributed by atoms with van der Waals surface area (Å²) in [6.45, 7) is 6.58. The second-order valence-electron chi connectivity index (χ2n) is 7.12. The van der Waals surface area contributed by atoms with Crippen molar-refractivity contribution in [3.8, 4) is 0 Å². The molecule has 5 nitrogen and oxygen atoms in total. The number of para-hydroxylation sites is 1. The van der Waals surface area contributed by atoms with E-state index in [2.05, 4.69) is 48.4 Å². The SMILES string of the molecule is CC(C)c1ccc([C@@H](C)NC(=O)CCn2cnc3ccccc3c2=O)cc1. The van der Waals surface area contributed by atoms with Crippen molar-refractivity contribution in [1.29, 1.82) is 0 Å². The van der Waals surface area contributed by atoms with Crippen LogP contribution in [0.15, 0.2) is 59.7 Å². The molecule has 5 heteroatoms. The molecular weight excluding hydrogens is 338 g/mol. The number of hydrogen-bond acceptors (Lipinski definition) is 3. The third-order valence-electron chi connectivity index (χ3n) is 4.79. The zero-order valence-electron chi connectivity index (χ0n) is 16.0. The largest absolute Gasteiger partial charge is 0.350 e. The van der Waals surface area contributed by atoms with Crippen LogP contribution in [0.3, 0.4) is 0 Å². The number of fused-ring (bicyclic) bond motifs is 1. The summed E-state index contributed by atoms with van der Waals surface area (Å²) in [6.07, 6.45) is 1.74. The summed E-state index contributed by atoms with van der Waals surface area (Å²) in [4.78, 5) is 29.0. The van der Waals surface area contributed by atoms with Gasteiger partial charge in [0.05, 0.1) is 23.3 Å². The van der Waals surface area contributed by atoms with Crippen LogP contribution in [-0.4, -0.2) is 15.5 Å². The average molecular weight is 363 g/mol. The molecule has 1 N–H and O–H groups in total. The molecule has 0 saturated heterocycles. The molecule has 1 amide bonds. The first-order chi connectivity index (χ1) is 13.0. The molecule has 0 unspecified atom stereocenters. The number of benzene rings is 2. The van der Waals surface area contributed by atoms with E-state index in [1.54, 1.807) is 12.1 Å². The minimum Gasteiger partial charge on any atom is -0.350 e. The van der Waals surface area contributed by atoms with Crippen LogP contribution in [0.2, 0.25) is 0 Å². The highest BCUT2D eigenvalue weighted by Crippen LogP contribution is 2.18. The van der Waals surface area contributed by atoms with Crippen molar-refractivity contribution in [1.82, 2.24) is 14.9 Å². The van der Waals surface area contributed by atoms with Crippen molar-refractivity contribution in [3.05, 3.63) is 76.3 Å². The highest BCUT2D eigenvalue weighted by molar-refractivity contribution is 5.77. The molecule has 0 saturated carbocycles. The van der Waals surface area contributed by atoms with E-state index in [1.165, 1.54) is 16.5 Å². The first kappa shape index (κ1) is 18.8. The lowest BCUT2D eigenvalue weighted by molar-refractivity contribution is -0.121. The molecule has 0 aliphatic rings. The normalized spacial score (nSPS) is 12.3. The van der Waals surface area contributed by atoms with E-state index in [9.17, 15) is 9.59 Å². The third-order valence-corrected chi connectivity index (χ3v) is 4.79. The molecule has 3 rings (SSSR count). The van der Waals surface area contributed by atoms with E-state index < -0.39 is 0 Å². The molecule has 0 aliphatic heterocycles. The van der Waals surface area contributed by atoms with Gasteiger partial charge in [0.1, 0.15) is 0 Å². The van der Waals surface area contributed by atoms with Crippen molar-refractivity contribution in [2.24, 2.45) is 0 Å². The number of nitrogens with zero attached hydrogens (tertiary/aromatic N) is 2. The van der Waals surface area contributed by atoms with Gasteiger partial charge in [-0.25, -0.2) is 4.98 Å². The van der Waals surface area contributed by atoms with E-state index in [0.717, 1.165) is 5.56 Å². The number of rotatable bonds is 6. The topological polar surface area (TPSA) is 64.0 Å². The van der Waals surface area contributed by atoms with Crippen molar-refractivity contribution < 1.29 is 4.79 Å². The zero-order chi connectivity index (χ0) is 19.4. The number of carbonyl (C=O) groups excluding carboxylic acids is 1. The van der Waals surface area contributed by atoms with Gasteiger partial charge in [-0.2, -0.15) is 0 Å². The molecule has 1 atom stereocenters. The Hall–Kier alpha value is -2.95. The van der Waals surface area contributed by atoms with Crippen LogP contribution in [0.5, 0.6) is 0 Å². The monoisotopic (exact) mass is 363 g/mol. The fraction of sp³-hybridized carbons (Fsp3) is 0.318. The quantitative estimate of drug-likeness (QED) is 0.725. The molecule has 140 valence electrons. The summed E-state index contributed by atoms with van der Waals surface area (Å²) in [5, 5.41) is 3.57. The lowest BCUT2D eigenvalue weighted by atomic mass is 9.99. The zero-order valence-corrected chi connectivity index (χ0v) is 16.0. The summed E-state index contributed by atoms with van der Waals surface area (Å²) >= 11 is 0. The Labute approximate surface area is 159 Å². The van der Waals surface area contributed by atoms with Crippen LogP contribution in [0, 0.1) is 0 Å². The van der Waals surface area contributed by atoms with E-state index >= 15 is 0 Å². The van der Waals surface area contributed by atoms with Crippen LogP contribution in [0.25, 0.3) is 10.9 Å². The van der Waals surface area contributed by atoms with Gasteiger partial charge in [0, 0.05) is 13.0 Å². The first-order valence-corrected chi connectivity index (χ1v) is 9.29. The van der Waals surface area contributed by atoms with E-state index in [-0.39, 0.29) is 23.9 Å². The van der Waals surface area contributed by atoms with Crippen molar-refractivity contribution >= 4 is 16.8 Å². The minimum atomic E-state index is -0.120. The van der Waals surface area contributed by atoms with Gasteiger partial charge in [-0.1, -0.05) is 50.2 Å². The molecule has 0 spiro atoms. The Morgan fingerprint density at radius 1 is 1.04 bits per heavy atom. The maximum absolute atomic E-state index is 12.5. The number of amides is 1. The highest BCUT2D eigenvalue weighted by atomic mass is 16.2. The molecule has 3 aromatic rings. The summed E-state index contributed by atoms with van der Waals surface area (Å²) in [5.74, 6) is 0.397. The van der Waals surface area contributed by atoms with Gasteiger partial charge in [-0.3, -0.25) is 14.2 Å². The van der Waals surface area contributed by atoms with E-state index in [0.29, 0.717) is 23.4 Å². The highest BCUT2D eigenvalue weighted by Gasteiger charge is 2.11. The maximum Gasteiger partial charge on any atom is 0.261 e. The van der Waals surface area contributed by atoms with Gasteiger partial charge < -0.3 is 5.32 Å². The molecular formula is C22H25N3O2. The van der Waals surface area contributed by atoms with E-state index in [4.69, 9.17) is 0 Å². The Morgan fingerprint density at radius 3 is 2.41 bits per heavy atom. The van der Waals surface area contributed by atoms with Crippen molar-refractivity contribution in [3.63, 3.8) is 0 Å². The summed E-state index contributed by atoms with van der Waals surface area (Å²) in [6, 6.07) is 15.5. The predicted molar refractivity (Wildman–Crippen MR) is 108 cm³/mol. The number of hydrogen-bond donors (Lipinski definition) is 1. The standard InChI is InChI=1S/C22H25N3O2/c1-15(2)17-8-10-18(11-9-17)16(3)24-21(26)12-13-25-14-23-20-7-5-4-6-19(20)22(25)27/h4-11,14-16H,12-13H2,1-3H3,(H,24,26)/t16-/m1/s1. The number of aromatic nitrogens is 2. The third kappa shape index (κ3) is 4.42. The van der Waals surface area contributed by atoms with Crippen LogP contribution >= 0.6 is 0 Å². The maximum atomic E-state index is 12.5. The van der Waals surface area contributed by atoms with Gasteiger partial charge in [0.25, 0.3) is 5.56 Å². The second-order valence-corrected chi connectivity index (χ2v) is 7.12. The lowest BCUT2D eigenvalue weighted by Gasteiger charge is -2.16. The molecule has 0 radical (unpaired) electrons. The molecule has 1 heterocycles. The molecule has 27 heavy (non-hydrogen) atoms. The summed E-state index contributed by atoms with van der Waals surface area (Å²) < 4.78 is 1.49. The molecule has 2 aromatic carbocycles. The molecule has 0 bridgehead atoms. The van der Waals surface area contributed by atoms with Crippen molar-refractivity contribution in [2.45, 2.75) is 45.7 Å². The first-order valence-electron chi connectivity index (χ1n) is 9.29. The molecule has 1 aromatic heterocycles. The Balaban J connectivity index is 1.61. The van der Waals surface area contributed by atoms with Gasteiger partial charge in [-0.05, 0) is 36.1 Å². The Bertz CT molecular complexity index is 990. The molecule has 0 fully saturated rings. The number of nitrogens with one attached hydrogen (secondary N) is 1. The summed E-state index contributed by atoms with van der Waals surface area (Å²) in [5.41, 5.74) is 2.89. The van der Waals surface area contributed by atoms with Gasteiger partial charge >= 0.3 is 0 Å². The minimum absolute atomic E-state index is 0.0786. The smallest absolute Gasteiger partial charge is 0.261 e. The van der Waals surface area contributed by atoms with Crippen molar-refractivity contribution in [2.75, 3.05) is 0 Å². The van der Waals surface area contributed by atoms with E-state index in [1.807, 2.05) is 19.1 Å². The Morgan fingerprint density at radius 2 is 1.70 bits per heavy atom.